The summed E-state index contributed by atoms with van der Waals surface area (Å²) < 4.78 is 10.1. The van der Waals surface area contributed by atoms with Crippen LogP contribution in [0.3, 0.4) is 0 Å². The molecule has 0 saturated heterocycles. The van der Waals surface area contributed by atoms with Crippen LogP contribution in [-0.4, -0.2) is 43.3 Å². The van der Waals surface area contributed by atoms with E-state index in [1.807, 2.05) is 25.1 Å². The summed E-state index contributed by atoms with van der Waals surface area (Å²) in [5.74, 6) is -0.827. The van der Waals surface area contributed by atoms with Crippen LogP contribution in [0.25, 0.3) is 0 Å². The predicted octanol–water partition coefficient (Wildman–Crippen LogP) is 0.980. The van der Waals surface area contributed by atoms with Crippen molar-refractivity contribution in [3.63, 3.8) is 0 Å². The van der Waals surface area contributed by atoms with Crippen molar-refractivity contribution in [2.24, 2.45) is 0 Å². The maximum Gasteiger partial charge on any atom is 0.328 e. The van der Waals surface area contributed by atoms with Gasteiger partial charge in [0.2, 0.25) is 5.91 Å². The second-order valence-electron chi connectivity index (χ2n) is 4.33. The van der Waals surface area contributed by atoms with Gasteiger partial charge in [0.1, 0.15) is 5.75 Å². The van der Waals surface area contributed by atoms with Crippen LogP contribution in [0.4, 0.5) is 0 Å². The van der Waals surface area contributed by atoms with Crippen LogP contribution < -0.4 is 10.1 Å². The van der Waals surface area contributed by atoms with E-state index in [1.54, 1.807) is 6.07 Å². The number of ether oxygens (including phenoxy) is 2. The Labute approximate surface area is 117 Å². The summed E-state index contributed by atoms with van der Waals surface area (Å²) in [5.41, 5.74) is 1.07. The Bertz CT molecular complexity index is 461. The first-order valence-corrected chi connectivity index (χ1v) is 6.23. The Kier molecular flexibility index (Phi) is 6.52. The van der Waals surface area contributed by atoms with E-state index in [4.69, 9.17) is 14.6 Å². The molecule has 20 heavy (non-hydrogen) atoms. The molecule has 0 aromatic heterocycles. The molecule has 0 aliphatic heterocycles. The minimum Gasteiger partial charge on any atom is -0.493 e. The van der Waals surface area contributed by atoms with Gasteiger partial charge in [-0.15, -0.1) is 0 Å². The molecule has 0 spiro atoms. The number of carbonyl (C=O) groups is 2. The van der Waals surface area contributed by atoms with Crippen LogP contribution in [-0.2, 0) is 14.3 Å². The van der Waals surface area contributed by atoms with Crippen molar-refractivity contribution in [1.29, 1.82) is 0 Å². The highest BCUT2D eigenvalue weighted by molar-refractivity contribution is 5.83. The van der Waals surface area contributed by atoms with Gasteiger partial charge in [0, 0.05) is 7.11 Å². The van der Waals surface area contributed by atoms with Gasteiger partial charge in [-0.1, -0.05) is 12.1 Å². The molecule has 1 aromatic carbocycles. The molecule has 0 saturated carbocycles. The van der Waals surface area contributed by atoms with Crippen molar-refractivity contribution in [2.75, 3.05) is 20.3 Å². The Balaban J connectivity index is 2.34. The quantitative estimate of drug-likeness (QED) is 0.742. The molecule has 1 rings (SSSR count). The normalized spacial score (nSPS) is 11.7. The zero-order valence-electron chi connectivity index (χ0n) is 11.6. The fourth-order valence-electron chi connectivity index (χ4n) is 1.57. The molecule has 0 heterocycles. The zero-order chi connectivity index (χ0) is 15.0. The molecular weight excluding hydrogens is 262 g/mol. The van der Waals surface area contributed by atoms with Crippen LogP contribution in [0, 0.1) is 6.92 Å². The van der Waals surface area contributed by atoms with Crippen molar-refractivity contribution in [1.82, 2.24) is 5.32 Å². The highest BCUT2D eigenvalue weighted by Gasteiger charge is 2.19. The fraction of sp³-hybridized carbons (Fsp3) is 0.429. The molecule has 2 N–H and O–H groups in total. The third-order valence-corrected chi connectivity index (χ3v) is 2.55. The van der Waals surface area contributed by atoms with Crippen molar-refractivity contribution in [3.05, 3.63) is 29.8 Å². The summed E-state index contributed by atoms with van der Waals surface area (Å²) in [4.78, 5) is 22.4. The van der Waals surface area contributed by atoms with Gasteiger partial charge in [-0.05, 0) is 24.6 Å². The van der Waals surface area contributed by atoms with Crippen LogP contribution in [0.5, 0.6) is 5.75 Å². The summed E-state index contributed by atoms with van der Waals surface area (Å²) in [7, 11) is 1.38. The standard InChI is InChI=1S/C14H19NO5/c1-10-4-3-5-11(8-10)20-7-6-13(16)15-12(9-19-2)14(17)18/h3-5,8,12H,6-7,9H2,1-2H3,(H,15,16)(H,17,18). The number of carbonyl (C=O) groups excluding carboxylic acids is 1. The lowest BCUT2D eigenvalue weighted by molar-refractivity contribution is -0.143. The maximum atomic E-state index is 11.6. The smallest absolute Gasteiger partial charge is 0.328 e. The third-order valence-electron chi connectivity index (χ3n) is 2.55. The number of hydrogen-bond acceptors (Lipinski definition) is 4. The molecular formula is C14H19NO5. The number of nitrogens with one attached hydrogen (secondary N) is 1. The first-order valence-electron chi connectivity index (χ1n) is 6.23. The minimum atomic E-state index is -1.13. The largest absolute Gasteiger partial charge is 0.493 e. The third kappa shape index (κ3) is 5.71. The molecule has 1 unspecified atom stereocenters. The summed E-state index contributed by atoms with van der Waals surface area (Å²) in [5, 5.41) is 11.2. The summed E-state index contributed by atoms with van der Waals surface area (Å²) in [6.07, 6.45) is 0.0848. The minimum absolute atomic E-state index is 0.0696. The van der Waals surface area contributed by atoms with E-state index < -0.39 is 12.0 Å². The molecule has 0 fully saturated rings. The van der Waals surface area contributed by atoms with E-state index in [1.165, 1.54) is 7.11 Å². The van der Waals surface area contributed by atoms with Crippen molar-refractivity contribution < 1.29 is 24.2 Å². The molecule has 6 heteroatoms. The van der Waals surface area contributed by atoms with Gasteiger partial charge < -0.3 is 19.9 Å². The summed E-state index contributed by atoms with van der Waals surface area (Å²) in [6.45, 7) is 2.07. The first-order chi connectivity index (χ1) is 9.52. The monoisotopic (exact) mass is 281 g/mol. The van der Waals surface area contributed by atoms with Crippen molar-refractivity contribution >= 4 is 11.9 Å². The molecule has 110 valence electrons. The predicted molar refractivity (Wildman–Crippen MR) is 72.7 cm³/mol. The van der Waals surface area contributed by atoms with E-state index in [0.29, 0.717) is 5.75 Å². The van der Waals surface area contributed by atoms with Gasteiger partial charge in [-0.3, -0.25) is 4.79 Å². The summed E-state index contributed by atoms with van der Waals surface area (Å²) >= 11 is 0. The van der Waals surface area contributed by atoms with E-state index in [0.717, 1.165) is 5.56 Å². The van der Waals surface area contributed by atoms with Crippen LogP contribution in [0.15, 0.2) is 24.3 Å². The molecule has 1 amide bonds. The lowest BCUT2D eigenvalue weighted by Crippen LogP contribution is -2.44. The van der Waals surface area contributed by atoms with Crippen molar-refractivity contribution in [3.8, 4) is 5.75 Å². The van der Waals surface area contributed by atoms with Crippen molar-refractivity contribution in [2.45, 2.75) is 19.4 Å². The number of carboxylic acid groups (broad SMARTS) is 1. The number of rotatable bonds is 8. The second kappa shape index (κ2) is 8.16. The fourth-order valence-corrected chi connectivity index (χ4v) is 1.57. The van der Waals surface area contributed by atoms with E-state index in [-0.39, 0.29) is 25.5 Å². The van der Waals surface area contributed by atoms with Crippen LogP contribution in [0.1, 0.15) is 12.0 Å². The average molecular weight is 281 g/mol. The Morgan fingerprint density at radius 3 is 2.75 bits per heavy atom. The SMILES string of the molecule is COCC(NC(=O)CCOc1cccc(C)c1)C(=O)O. The van der Waals surface area contributed by atoms with E-state index >= 15 is 0 Å². The Morgan fingerprint density at radius 2 is 2.15 bits per heavy atom. The topological polar surface area (TPSA) is 84.9 Å². The number of aryl methyl sites for hydroxylation is 1. The second-order valence-corrected chi connectivity index (χ2v) is 4.33. The van der Waals surface area contributed by atoms with Crippen LogP contribution >= 0.6 is 0 Å². The first kappa shape index (κ1) is 16.0. The van der Waals surface area contributed by atoms with Crippen LogP contribution in [0.2, 0.25) is 0 Å². The molecule has 1 aromatic rings. The van der Waals surface area contributed by atoms with Gasteiger partial charge in [0.15, 0.2) is 6.04 Å². The Hall–Kier alpha value is -2.08. The molecule has 0 bridgehead atoms. The molecule has 6 nitrogen and oxygen atoms in total. The van der Waals surface area contributed by atoms with Gasteiger partial charge in [-0.2, -0.15) is 0 Å². The number of aliphatic carboxylic acids is 1. The number of carboxylic acids is 1. The molecule has 0 aliphatic carbocycles. The highest BCUT2D eigenvalue weighted by atomic mass is 16.5. The zero-order valence-corrected chi connectivity index (χ0v) is 11.6. The average Bonchev–Trinajstić information content (AvgIpc) is 2.38. The van der Waals surface area contributed by atoms with Gasteiger partial charge >= 0.3 is 5.97 Å². The highest BCUT2D eigenvalue weighted by Crippen LogP contribution is 2.12. The molecule has 1 atom stereocenters. The number of amides is 1. The lowest BCUT2D eigenvalue weighted by Gasteiger charge is -2.13. The maximum absolute atomic E-state index is 11.6. The van der Waals surface area contributed by atoms with Gasteiger partial charge in [-0.25, -0.2) is 4.79 Å². The Morgan fingerprint density at radius 1 is 1.40 bits per heavy atom. The number of benzene rings is 1. The van der Waals surface area contributed by atoms with E-state index in [2.05, 4.69) is 5.32 Å². The molecule has 0 radical (unpaired) electrons. The number of methoxy groups -OCH3 is 1. The lowest BCUT2D eigenvalue weighted by atomic mass is 10.2. The number of hydrogen-bond donors (Lipinski definition) is 2. The molecule has 0 aliphatic rings. The van der Waals surface area contributed by atoms with Gasteiger partial charge in [0.05, 0.1) is 19.6 Å². The van der Waals surface area contributed by atoms with E-state index in [9.17, 15) is 9.59 Å². The van der Waals surface area contributed by atoms with Gasteiger partial charge in [0.25, 0.3) is 0 Å². The summed E-state index contributed by atoms with van der Waals surface area (Å²) in [6, 6.07) is 6.44.